The molecule has 4 nitrogen and oxygen atoms in total. The van der Waals surface area contributed by atoms with Gasteiger partial charge in [0.1, 0.15) is 0 Å². The minimum atomic E-state index is -2.53. The summed E-state index contributed by atoms with van der Waals surface area (Å²) in [5.74, 6) is 0. The summed E-state index contributed by atoms with van der Waals surface area (Å²) in [5.41, 5.74) is 0. The number of rotatable bonds is 5. The van der Waals surface area contributed by atoms with Crippen molar-refractivity contribution < 1.29 is 13.3 Å². The van der Waals surface area contributed by atoms with Crippen molar-refractivity contribution in [1.29, 1.82) is 0 Å². The lowest BCUT2D eigenvalue weighted by molar-refractivity contribution is 0.107. The fourth-order valence-corrected chi connectivity index (χ4v) is 2.34. The first-order valence-electron chi connectivity index (χ1n) is 3.53. The minimum absolute atomic E-state index is 0.293. The van der Waals surface area contributed by atoms with E-state index in [0.29, 0.717) is 6.04 Å². The molecule has 0 aliphatic carbocycles. The number of hydrogen-bond donors (Lipinski definition) is 1. The fraction of sp³-hybridized carbons (Fsp3) is 1.00. The van der Waals surface area contributed by atoms with Gasteiger partial charge in [-0.25, -0.2) is 0 Å². The Bertz CT molecular complexity index is 97.7. The van der Waals surface area contributed by atoms with E-state index in [2.05, 4.69) is 4.98 Å². The van der Waals surface area contributed by atoms with Crippen molar-refractivity contribution in [2.24, 2.45) is 0 Å². The first kappa shape index (κ1) is 11.1. The molecule has 11 heavy (non-hydrogen) atoms. The zero-order chi connectivity index (χ0) is 8.91. The lowest BCUT2D eigenvalue weighted by Gasteiger charge is -2.26. The predicted octanol–water partition coefficient (Wildman–Crippen LogP) is 0.359. The Morgan fingerprint density at radius 1 is 1.00 bits per heavy atom. The van der Waals surface area contributed by atoms with Crippen molar-refractivity contribution in [2.75, 3.05) is 21.3 Å². The molecule has 0 aromatic carbocycles. The normalized spacial score (nSPS) is 12.5. The molecule has 0 atom stereocenters. The summed E-state index contributed by atoms with van der Waals surface area (Å²) >= 11 is 0. The molecular formula is C6H17NO3Si. The molecule has 0 aliphatic rings. The van der Waals surface area contributed by atoms with Gasteiger partial charge >= 0.3 is 8.97 Å². The Hall–Kier alpha value is 0.0569. The molecule has 1 N–H and O–H groups in total. The van der Waals surface area contributed by atoms with E-state index < -0.39 is 8.97 Å². The summed E-state index contributed by atoms with van der Waals surface area (Å²) in [4.78, 5) is 3.11. The highest BCUT2D eigenvalue weighted by atomic mass is 28.4. The van der Waals surface area contributed by atoms with Crippen molar-refractivity contribution in [3.8, 4) is 0 Å². The van der Waals surface area contributed by atoms with E-state index in [1.807, 2.05) is 13.8 Å². The van der Waals surface area contributed by atoms with E-state index in [1.54, 1.807) is 21.3 Å². The van der Waals surface area contributed by atoms with Crippen LogP contribution in [0.1, 0.15) is 13.8 Å². The summed E-state index contributed by atoms with van der Waals surface area (Å²) < 4.78 is 15.4. The quantitative estimate of drug-likeness (QED) is 0.619. The molecule has 5 heteroatoms. The summed E-state index contributed by atoms with van der Waals surface area (Å²) in [6.07, 6.45) is 0. The average Bonchev–Trinajstić information content (AvgIpc) is 2.00. The van der Waals surface area contributed by atoms with Crippen molar-refractivity contribution in [2.45, 2.75) is 19.9 Å². The molecule has 0 amide bonds. The average molecular weight is 179 g/mol. The highest BCUT2D eigenvalue weighted by Crippen LogP contribution is 2.01. The number of hydrogen-bond acceptors (Lipinski definition) is 4. The van der Waals surface area contributed by atoms with E-state index in [9.17, 15) is 0 Å². The van der Waals surface area contributed by atoms with Crippen LogP contribution in [-0.2, 0) is 13.3 Å². The fourth-order valence-electron chi connectivity index (χ4n) is 0.780. The van der Waals surface area contributed by atoms with Crippen molar-refractivity contribution in [3.05, 3.63) is 0 Å². The molecule has 0 aromatic heterocycles. The first-order valence-corrected chi connectivity index (χ1v) is 5.26. The van der Waals surface area contributed by atoms with Crippen molar-refractivity contribution in [1.82, 2.24) is 4.98 Å². The van der Waals surface area contributed by atoms with Crippen LogP contribution in [0.25, 0.3) is 0 Å². The molecular weight excluding hydrogens is 162 g/mol. The molecule has 0 spiro atoms. The number of nitrogens with one attached hydrogen (secondary N) is 1. The van der Waals surface area contributed by atoms with Gasteiger partial charge in [0.05, 0.1) is 0 Å². The van der Waals surface area contributed by atoms with Crippen LogP contribution < -0.4 is 4.98 Å². The second-order valence-electron chi connectivity index (χ2n) is 2.47. The van der Waals surface area contributed by atoms with Crippen LogP contribution in [0.5, 0.6) is 0 Å². The monoisotopic (exact) mass is 179 g/mol. The third-order valence-corrected chi connectivity index (χ3v) is 3.81. The summed E-state index contributed by atoms with van der Waals surface area (Å²) in [6.45, 7) is 4.03. The van der Waals surface area contributed by atoms with Crippen LogP contribution in [0.4, 0.5) is 0 Å². The molecule has 0 aromatic rings. The van der Waals surface area contributed by atoms with Crippen LogP contribution >= 0.6 is 0 Å². The van der Waals surface area contributed by atoms with E-state index in [4.69, 9.17) is 13.3 Å². The molecule has 0 unspecified atom stereocenters. The van der Waals surface area contributed by atoms with E-state index in [0.717, 1.165) is 0 Å². The predicted molar refractivity (Wildman–Crippen MR) is 45.1 cm³/mol. The van der Waals surface area contributed by atoms with E-state index in [1.165, 1.54) is 0 Å². The lowest BCUT2D eigenvalue weighted by Crippen LogP contribution is -2.59. The summed E-state index contributed by atoms with van der Waals surface area (Å²) in [5, 5.41) is 0. The van der Waals surface area contributed by atoms with Gasteiger partial charge in [-0.1, -0.05) is 13.8 Å². The van der Waals surface area contributed by atoms with Crippen LogP contribution in [-0.4, -0.2) is 36.3 Å². The van der Waals surface area contributed by atoms with Gasteiger partial charge in [-0.2, -0.15) is 0 Å². The molecule has 0 fully saturated rings. The van der Waals surface area contributed by atoms with Crippen molar-refractivity contribution in [3.63, 3.8) is 0 Å². The third kappa shape index (κ3) is 3.30. The van der Waals surface area contributed by atoms with Crippen LogP contribution in [0, 0.1) is 0 Å². The molecule has 68 valence electrons. The van der Waals surface area contributed by atoms with Gasteiger partial charge < -0.3 is 13.3 Å². The summed E-state index contributed by atoms with van der Waals surface area (Å²) in [6, 6.07) is 0.293. The maximum atomic E-state index is 5.13. The Morgan fingerprint density at radius 2 is 1.36 bits per heavy atom. The zero-order valence-corrected chi connectivity index (χ0v) is 8.80. The topological polar surface area (TPSA) is 39.7 Å². The van der Waals surface area contributed by atoms with Gasteiger partial charge in [0.15, 0.2) is 0 Å². The Labute approximate surface area is 69.3 Å². The molecule has 0 rings (SSSR count). The van der Waals surface area contributed by atoms with Gasteiger partial charge in [-0.3, -0.25) is 4.98 Å². The van der Waals surface area contributed by atoms with E-state index >= 15 is 0 Å². The SMILES string of the molecule is CO[Si](NC(C)C)(OC)OC. The van der Waals surface area contributed by atoms with E-state index in [-0.39, 0.29) is 0 Å². The van der Waals surface area contributed by atoms with Gasteiger partial charge in [0.25, 0.3) is 0 Å². The lowest BCUT2D eigenvalue weighted by atomic mass is 10.4. The third-order valence-electron chi connectivity index (χ3n) is 1.27. The largest absolute Gasteiger partial charge is 0.596 e. The first-order chi connectivity index (χ1) is 5.10. The Balaban J connectivity index is 4.05. The van der Waals surface area contributed by atoms with Gasteiger partial charge in [0, 0.05) is 27.4 Å². The standard InChI is InChI=1S/C6H17NO3Si/c1-6(2)7-11(8-3,9-4)10-5/h6-7H,1-5H3. The molecule has 0 aliphatic heterocycles. The highest BCUT2D eigenvalue weighted by Gasteiger charge is 2.39. The molecule has 0 saturated heterocycles. The van der Waals surface area contributed by atoms with Crippen LogP contribution in [0.15, 0.2) is 0 Å². The molecule has 0 radical (unpaired) electrons. The maximum absolute atomic E-state index is 5.13. The molecule has 0 saturated carbocycles. The van der Waals surface area contributed by atoms with Gasteiger partial charge in [-0.15, -0.1) is 0 Å². The zero-order valence-electron chi connectivity index (χ0n) is 7.80. The minimum Gasteiger partial charge on any atom is -0.364 e. The van der Waals surface area contributed by atoms with Crippen LogP contribution in [0.2, 0.25) is 0 Å². The second kappa shape index (κ2) is 4.84. The maximum Gasteiger partial charge on any atom is 0.596 e. The Kier molecular flexibility index (Phi) is 4.86. The highest BCUT2D eigenvalue weighted by molar-refractivity contribution is 6.57. The second-order valence-corrected chi connectivity index (χ2v) is 5.09. The molecule has 0 heterocycles. The van der Waals surface area contributed by atoms with Crippen molar-refractivity contribution >= 4 is 8.97 Å². The Morgan fingerprint density at radius 3 is 1.45 bits per heavy atom. The molecule has 0 bridgehead atoms. The van der Waals surface area contributed by atoms with Crippen LogP contribution in [0.3, 0.4) is 0 Å². The smallest absolute Gasteiger partial charge is 0.364 e. The summed E-state index contributed by atoms with van der Waals surface area (Å²) in [7, 11) is 2.20. The van der Waals surface area contributed by atoms with Gasteiger partial charge in [-0.05, 0) is 0 Å². The van der Waals surface area contributed by atoms with Gasteiger partial charge in [0.2, 0.25) is 0 Å².